The second-order valence-electron chi connectivity index (χ2n) is 2.71. The van der Waals surface area contributed by atoms with Gasteiger partial charge in [0.15, 0.2) is 0 Å². The van der Waals surface area contributed by atoms with E-state index in [0.717, 1.165) is 5.56 Å². The van der Waals surface area contributed by atoms with E-state index in [1.807, 2.05) is 0 Å². The molecule has 1 aromatic carbocycles. The van der Waals surface area contributed by atoms with Gasteiger partial charge in [-0.2, -0.15) is 0 Å². The molecule has 0 radical (unpaired) electrons. The van der Waals surface area contributed by atoms with Gasteiger partial charge in [-0.05, 0) is 11.6 Å². The zero-order chi connectivity index (χ0) is 10.0. The van der Waals surface area contributed by atoms with Crippen LogP contribution in [0.5, 0.6) is 0 Å². The molecule has 3 nitrogen and oxygen atoms in total. The summed E-state index contributed by atoms with van der Waals surface area (Å²) in [6, 6.07) is 3.10. The molecule has 0 saturated carbocycles. The second kappa shape index (κ2) is 4.15. The summed E-state index contributed by atoms with van der Waals surface area (Å²) in [4.78, 5) is 0. The summed E-state index contributed by atoms with van der Waals surface area (Å²) < 4.78 is 0. The summed E-state index contributed by atoms with van der Waals surface area (Å²) in [6.07, 6.45) is 0. The van der Waals surface area contributed by atoms with Crippen LogP contribution in [0, 0.1) is 0 Å². The SMILES string of the molecule is NC[C@@H](N)c1ccc(N)c(Cl)c1Cl. The molecule has 6 N–H and O–H groups in total. The number of nitrogen functional groups attached to an aromatic ring is 1. The van der Waals surface area contributed by atoms with Gasteiger partial charge in [-0.3, -0.25) is 0 Å². The first-order chi connectivity index (χ1) is 6.07. The number of hydrogen-bond acceptors (Lipinski definition) is 3. The molecule has 0 saturated heterocycles. The van der Waals surface area contributed by atoms with Gasteiger partial charge in [0.1, 0.15) is 0 Å². The van der Waals surface area contributed by atoms with E-state index >= 15 is 0 Å². The van der Waals surface area contributed by atoms with E-state index < -0.39 is 0 Å². The van der Waals surface area contributed by atoms with Gasteiger partial charge in [0.2, 0.25) is 0 Å². The van der Waals surface area contributed by atoms with Crippen LogP contribution in [0.15, 0.2) is 12.1 Å². The van der Waals surface area contributed by atoms with Crippen molar-refractivity contribution in [1.82, 2.24) is 0 Å². The molecule has 72 valence electrons. The van der Waals surface area contributed by atoms with Gasteiger partial charge in [-0.15, -0.1) is 0 Å². The highest BCUT2D eigenvalue weighted by molar-refractivity contribution is 6.44. The minimum absolute atomic E-state index is 0.300. The summed E-state index contributed by atoms with van der Waals surface area (Å²) in [5, 5.41) is 0.725. The third-order valence-electron chi connectivity index (χ3n) is 1.80. The molecular formula is C8H11Cl2N3. The van der Waals surface area contributed by atoms with Gasteiger partial charge < -0.3 is 17.2 Å². The molecule has 1 rings (SSSR count). The number of halogens is 2. The Labute approximate surface area is 86.8 Å². The number of anilines is 1. The molecule has 0 spiro atoms. The van der Waals surface area contributed by atoms with Crippen molar-refractivity contribution in [2.24, 2.45) is 11.5 Å². The Balaban J connectivity index is 3.18. The normalized spacial score (nSPS) is 12.9. The largest absolute Gasteiger partial charge is 0.397 e. The molecule has 13 heavy (non-hydrogen) atoms. The monoisotopic (exact) mass is 219 g/mol. The van der Waals surface area contributed by atoms with Crippen molar-refractivity contribution in [3.05, 3.63) is 27.7 Å². The lowest BCUT2D eigenvalue weighted by Gasteiger charge is -2.12. The molecule has 0 heterocycles. The van der Waals surface area contributed by atoms with Crippen molar-refractivity contribution in [3.63, 3.8) is 0 Å². The summed E-state index contributed by atoms with van der Waals surface area (Å²) in [5.41, 5.74) is 17.8. The first-order valence-corrected chi connectivity index (χ1v) is 4.52. The van der Waals surface area contributed by atoms with Crippen molar-refractivity contribution >= 4 is 28.9 Å². The minimum atomic E-state index is -0.300. The van der Waals surface area contributed by atoms with Gasteiger partial charge in [-0.25, -0.2) is 0 Å². The molecule has 0 bridgehead atoms. The number of hydrogen-bond donors (Lipinski definition) is 3. The average molecular weight is 220 g/mol. The number of benzene rings is 1. The van der Waals surface area contributed by atoms with Gasteiger partial charge in [0.05, 0.1) is 15.7 Å². The Hall–Kier alpha value is -0.480. The first kappa shape index (κ1) is 10.6. The van der Waals surface area contributed by atoms with E-state index in [2.05, 4.69) is 0 Å². The van der Waals surface area contributed by atoms with Crippen molar-refractivity contribution in [2.45, 2.75) is 6.04 Å². The van der Waals surface area contributed by atoms with Crippen LogP contribution in [-0.4, -0.2) is 6.54 Å². The van der Waals surface area contributed by atoms with E-state index in [9.17, 15) is 0 Å². The van der Waals surface area contributed by atoms with Gasteiger partial charge in [0.25, 0.3) is 0 Å². The Morgan fingerprint density at radius 3 is 2.38 bits per heavy atom. The predicted octanol–water partition coefficient (Wildman–Crippen LogP) is 1.53. The van der Waals surface area contributed by atoms with Crippen LogP contribution in [-0.2, 0) is 0 Å². The average Bonchev–Trinajstić information content (AvgIpc) is 2.13. The molecule has 5 heteroatoms. The van der Waals surface area contributed by atoms with Crippen molar-refractivity contribution in [2.75, 3.05) is 12.3 Å². The zero-order valence-corrected chi connectivity index (χ0v) is 8.44. The van der Waals surface area contributed by atoms with E-state index in [4.69, 9.17) is 40.4 Å². The summed E-state index contributed by atoms with van der Waals surface area (Å²) in [7, 11) is 0. The minimum Gasteiger partial charge on any atom is -0.397 e. The highest BCUT2D eigenvalue weighted by atomic mass is 35.5. The molecule has 0 aliphatic carbocycles. The quantitative estimate of drug-likeness (QED) is 0.661. The maximum absolute atomic E-state index is 5.92. The Morgan fingerprint density at radius 1 is 1.23 bits per heavy atom. The predicted molar refractivity (Wildman–Crippen MR) is 56.9 cm³/mol. The van der Waals surface area contributed by atoms with Crippen LogP contribution in [0.4, 0.5) is 5.69 Å². The topological polar surface area (TPSA) is 78.1 Å². The van der Waals surface area contributed by atoms with E-state index in [1.54, 1.807) is 12.1 Å². The Morgan fingerprint density at radius 2 is 1.85 bits per heavy atom. The molecule has 0 aliphatic heterocycles. The standard InChI is InChI=1S/C8H11Cl2N3/c9-7-4(6(13)3-11)1-2-5(12)8(7)10/h1-2,6H,3,11-13H2/t6-/m1/s1. The third kappa shape index (κ3) is 2.06. The lowest BCUT2D eigenvalue weighted by molar-refractivity contribution is 0.737. The van der Waals surface area contributed by atoms with Gasteiger partial charge in [-0.1, -0.05) is 29.3 Å². The van der Waals surface area contributed by atoms with Crippen LogP contribution >= 0.6 is 23.2 Å². The highest BCUT2D eigenvalue weighted by Crippen LogP contribution is 2.33. The smallest absolute Gasteiger partial charge is 0.0824 e. The van der Waals surface area contributed by atoms with E-state index in [1.165, 1.54) is 0 Å². The van der Waals surface area contributed by atoms with Crippen molar-refractivity contribution in [1.29, 1.82) is 0 Å². The van der Waals surface area contributed by atoms with Crippen LogP contribution in [0.25, 0.3) is 0 Å². The first-order valence-electron chi connectivity index (χ1n) is 3.77. The van der Waals surface area contributed by atoms with E-state index in [-0.39, 0.29) is 6.04 Å². The van der Waals surface area contributed by atoms with E-state index in [0.29, 0.717) is 22.3 Å². The van der Waals surface area contributed by atoms with Crippen molar-refractivity contribution in [3.8, 4) is 0 Å². The number of nitrogens with two attached hydrogens (primary N) is 3. The molecule has 0 fully saturated rings. The Kier molecular flexibility index (Phi) is 3.39. The summed E-state index contributed by atoms with van der Waals surface area (Å²) >= 11 is 11.8. The zero-order valence-electron chi connectivity index (χ0n) is 6.93. The second-order valence-corrected chi connectivity index (χ2v) is 3.47. The molecule has 1 aromatic rings. The molecule has 0 aromatic heterocycles. The Bertz CT molecular complexity index is 315. The molecule has 0 amide bonds. The van der Waals surface area contributed by atoms with Crippen LogP contribution in [0.2, 0.25) is 10.0 Å². The molecular weight excluding hydrogens is 209 g/mol. The van der Waals surface area contributed by atoms with Crippen LogP contribution < -0.4 is 17.2 Å². The fourth-order valence-electron chi connectivity index (χ4n) is 0.993. The van der Waals surface area contributed by atoms with Crippen LogP contribution in [0.1, 0.15) is 11.6 Å². The van der Waals surface area contributed by atoms with Crippen LogP contribution in [0.3, 0.4) is 0 Å². The number of rotatable bonds is 2. The third-order valence-corrected chi connectivity index (χ3v) is 2.71. The fourth-order valence-corrected chi connectivity index (χ4v) is 1.48. The van der Waals surface area contributed by atoms with Crippen molar-refractivity contribution < 1.29 is 0 Å². The maximum Gasteiger partial charge on any atom is 0.0824 e. The lowest BCUT2D eigenvalue weighted by atomic mass is 10.1. The highest BCUT2D eigenvalue weighted by Gasteiger charge is 2.12. The molecule has 0 aliphatic rings. The molecule has 1 atom stereocenters. The molecule has 0 unspecified atom stereocenters. The summed E-state index contributed by atoms with van der Waals surface area (Å²) in [6.45, 7) is 0.319. The van der Waals surface area contributed by atoms with Gasteiger partial charge in [0, 0.05) is 12.6 Å². The van der Waals surface area contributed by atoms with Gasteiger partial charge >= 0.3 is 0 Å². The lowest BCUT2D eigenvalue weighted by Crippen LogP contribution is -2.21. The maximum atomic E-state index is 5.92. The fraction of sp³-hybridized carbons (Fsp3) is 0.250. The summed E-state index contributed by atoms with van der Waals surface area (Å²) in [5.74, 6) is 0.